The molecule has 0 unspecified atom stereocenters. The van der Waals surface area contributed by atoms with E-state index in [9.17, 15) is 9.59 Å². The number of nitrogen functional groups attached to an aromatic ring is 1. The van der Waals surface area contributed by atoms with E-state index in [4.69, 9.17) is 55.0 Å². The Kier molecular flexibility index (Phi) is 14.7. The number of fused-ring (bicyclic) bond motifs is 2. The molecule has 0 radical (unpaired) electrons. The molecule has 312 valence electrons. The fourth-order valence-electron chi connectivity index (χ4n) is 6.22. The van der Waals surface area contributed by atoms with Crippen LogP contribution in [0.15, 0.2) is 72.8 Å². The van der Waals surface area contributed by atoms with Crippen molar-refractivity contribution in [3.63, 3.8) is 0 Å². The number of rotatable bonds is 8. The van der Waals surface area contributed by atoms with Gasteiger partial charge >= 0.3 is 0 Å². The second kappa shape index (κ2) is 19.6. The summed E-state index contributed by atoms with van der Waals surface area (Å²) in [6, 6.07) is 21.7. The molecular formula is C42H44Cl3N11O4. The number of nitrogens with zero attached hydrogens (tertiary/aromatic N) is 8. The van der Waals surface area contributed by atoms with E-state index in [-0.39, 0.29) is 19.2 Å². The highest BCUT2D eigenvalue weighted by Gasteiger charge is 2.31. The zero-order valence-corrected chi connectivity index (χ0v) is 35.2. The van der Waals surface area contributed by atoms with Crippen LogP contribution < -0.4 is 25.8 Å². The number of carbonyl (C=O) groups is 2. The van der Waals surface area contributed by atoms with Gasteiger partial charge in [0.25, 0.3) is 11.8 Å². The summed E-state index contributed by atoms with van der Waals surface area (Å²) in [5.74, 6) is 1.32. The Morgan fingerprint density at radius 1 is 0.650 bits per heavy atom. The van der Waals surface area contributed by atoms with E-state index in [1.807, 2.05) is 56.3 Å². The minimum atomic E-state index is -0.0948. The average Bonchev–Trinajstić information content (AvgIpc) is 3.66. The van der Waals surface area contributed by atoms with Crippen LogP contribution in [0.5, 0.6) is 11.5 Å². The molecule has 6 aromatic rings. The van der Waals surface area contributed by atoms with Gasteiger partial charge in [-0.15, -0.1) is 5.10 Å². The van der Waals surface area contributed by atoms with Crippen molar-refractivity contribution in [2.45, 2.75) is 40.8 Å². The van der Waals surface area contributed by atoms with E-state index >= 15 is 0 Å². The molecule has 8 rings (SSSR count). The van der Waals surface area contributed by atoms with E-state index in [0.717, 1.165) is 28.5 Å². The molecular weight excluding hydrogens is 829 g/mol. The van der Waals surface area contributed by atoms with Gasteiger partial charge in [0.1, 0.15) is 11.0 Å². The van der Waals surface area contributed by atoms with E-state index in [1.165, 1.54) is 7.11 Å². The van der Waals surface area contributed by atoms with Gasteiger partial charge in [-0.25, -0.2) is 4.98 Å². The summed E-state index contributed by atoms with van der Waals surface area (Å²) in [5.41, 5.74) is 13.7. The normalized spacial score (nSPS) is 12.3. The predicted octanol–water partition coefficient (Wildman–Crippen LogP) is 8.49. The molecule has 4 N–H and O–H groups in total. The van der Waals surface area contributed by atoms with Gasteiger partial charge in [0.2, 0.25) is 0 Å². The van der Waals surface area contributed by atoms with Crippen LogP contribution in [0, 0.1) is 13.8 Å². The van der Waals surface area contributed by atoms with Crippen LogP contribution in [0.3, 0.4) is 0 Å². The number of ether oxygens (including phenoxy) is 2. The average molecular weight is 873 g/mol. The summed E-state index contributed by atoms with van der Waals surface area (Å²) in [6.45, 7) is 4.66. The Morgan fingerprint density at radius 3 is 1.62 bits per heavy atom. The molecule has 0 saturated heterocycles. The molecule has 4 aromatic heterocycles. The molecule has 0 bridgehead atoms. The Bertz CT molecular complexity index is 2490. The number of pyridine rings is 2. The Morgan fingerprint density at radius 2 is 1.15 bits per heavy atom. The van der Waals surface area contributed by atoms with Crippen molar-refractivity contribution in [1.82, 2.24) is 40.2 Å². The molecule has 18 heteroatoms. The number of halogens is 3. The SMILES string of the molecule is C.COc1c(Cl)cccc1Nc1cc(Cc2ccc(C)nn2)nc2c1C(=O)N(C)C2.COc1c(Cl)cccc1Nc1cc(Cl)nc2c1C(=O)N(C)C2.Cc1ccc(N)nn1. The first-order valence-electron chi connectivity index (χ1n) is 18.0. The van der Waals surface area contributed by atoms with Crippen molar-refractivity contribution in [3.05, 3.63) is 133 Å². The minimum Gasteiger partial charge on any atom is -0.493 e. The largest absolute Gasteiger partial charge is 0.493 e. The van der Waals surface area contributed by atoms with E-state index in [0.29, 0.717) is 91.6 Å². The maximum absolute atomic E-state index is 12.7. The molecule has 15 nitrogen and oxygen atoms in total. The molecule has 0 atom stereocenters. The summed E-state index contributed by atoms with van der Waals surface area (Å²) >= 11 is 18.4. The summed E-state index contributed by atoms with van der Waals surface area (Å²) < 4.78 is 10.7. The van der Waals surface area contributed by atoms with E-state index in [1.54, 1.807) is 61.3 Å². The number of para-hydroxylation sites is 2. The molecule has 0 fully saturated rings. The molecule has 6 heterocycles. The Balaban J connectivity index is 0.000000194. The van der Waals surface area contributed by atoms with E-state index < -0.39 is 0 Å². The lowest BCUT2D eigenvalue weighted by atomic mass is 10.1. The van der Waals surface area contributed by atoms with Gasteiger partial charge in [0, 0.05) is 26.2 Å². The van der Waals surface area contributed by atoms with Crippen molar-refractivity contribution in [3.8, 4) is 11.5 Å². The molecule has 2 aliphatic rings. The Hall–Kier alpha value is -6.29. The second-order valence-corrected chi connectivity index (χ2v) is 14.7. The number of aromatic nitrogens is 6. The van der Waals surface area contributed by atoms with Crippen molar-refractivity contribution in [1.29, 1.82) is 0 Å². The number of nitrogens with two attached hydrogens (primary N) is 1. The summed E-state index contributed by atoms with van der Waals surface area (Å²) in [6.07, 6.45) is 0.514. The molecule has 2 aliphatic heterocycles. The summed E-state index contributed by atoms with van der Waals surface area (Å²) in [5, 5.41) is 23.4. The number of benzene rings is 2. The van der Waals surface area contributed by atoms with Crippen molar-refractivity contribution in [2.75, 3.05) is 44.7 Å². The first-order valence-corrected chi connectivity index (χ1v) is 19.2. The van der Waals surface area contributed by atoms with Crippen LogP contribution in [0.2, 0.25) is 15.2 Å². The molecule has 0 aliphatic carbocycles. The third-order valence-corrected chi connectivity index (χ3v) is 9.81. The summed E-state index contributed by atoms with van der Waals surface area (Å²) in [4.78, 5) is 37.2. The van der Waals surface area contributed by atoms with Crippen molar-refractivity contribution < 1.29 is 19.1 Å². The van der Waals surface area contributed by atoms with Crippen LogP contribution >= 0.6 is 34.8 Å². The van der Waals surface area contributed by atoms with Gasteiger partial charge in [-0.1, -0.05) is 54.4 Å². The fourth-order valence-corrected chi connectivity index (χ4v) is 6.94. The second-order valence-electron chi connectivity index (χ2n) is 13.5. The van der Waals surface area contributed by atoms with Crippen molar-refractivity contribution >= 4 is 75.2 Å². The third kappa shape index (κ3) is 10.3. The van der Waals surface area contributed by atoms with Crippen LogP contribution in [0.1, 0.15) is 62.3 Å². The fraction of sp³-hybridized carbons (Fsp3) is 0.238. The first-order chi connectivity index (χ1) is 28.3. The number of hydrogen-bond donors (Lipinski definition) is 3. The highest BCUT2D eigenvalue weighted by atomic mass is 35.5. The number of anilines is 5. The quantitative estimate of drug-likeness (QED) is 0.124. The predicted molar refractivity (Wildman–Crippen MR) is 235 cm³/mol. The standard InChI is InChI=1S/C21H20ClN5O2.C15H13Cl2N3O2.C5H7N3.CH4/c1-12-7-8-13(26-25-12)9-14-10-17(19-18(23-14)11-27(2)21(19)28)24-16-6-4-5-15(22)20(16)29-3;1-20-7-11-13(15(20)21)10(6-12(17)19-11)18-9-5-3-4-8(16)14(9)22-2;1-4-2-3-5(6)8-7-4;/h4-8,10H,9,11H2,1-3H3,(H,23,24);3-6H,7H2,1-2H3,(H,18,19);2-3H,1H3,(H2,6,8);1H4. The lowest BCUT2D eigenvalue weighted by Gasteiger charge is -2.15. The minimum absolute atomic E-state index is 0. The van der Waals surface area contributed by atoms with Crippen LogP contribution in [-0.2, 0) is 19.5 Å². The van der Waals surface area contributed by atoms with Crippen LogP contribution in [0.4, 0.5) is 28.6 Å². The third-order valence-electron chi connectivity index (χ3n) is 9.02. The Labute approximate surface area is 363 Å². The van der Waals surface area contributed by atoms with Gasteiger partial charge in [0.05, 0.1) is 99.7 Å². The van der Waals surface area contributed by atoms with Gasteiger partial charge in [-0.3, -0.25) is 14.6 Å². The molecule has 2 amide bonds. The van der Waals surface area contributed by atoms with E-state index in [2.05, 4.69) is 36.0 Å². The number of aryl methyl sites for hydroxylation is 2. The lowest BCUT2D eigenvalue weighted by molar-refractivity contribution is 0.0809. The smallest absolute Gasteiger partial charge is 0.257 e. The van der Waals surface area contributed by atoms with Gasteiger partial charge in [-0.05, 0) is 74.5 Å². The zero-order valence-electron chi connectivity index (χ0n) is 33.0. The molecule has 2 aromatic carbocycles. The topological polar surface area (TPSA) is 186 Å². The van der Waals surface area contributed by atoms with Crippen LogP contribution in [0.25, 0.3) is 0 Å². The zero-order chi connectivity index (χ0) is 42.4. The molecule has 60 heavy (non-hydrogen) atoms. The van der Waals surface area contributed by atoms with Crippen molar-refractivity contribution in [2.24, 2.45) is 0 Å². The van der Waals surface area contributed by atoms with Gasteiger partial charge < -0.3 is 35.6 Å². The number of hydrogen-bond acceptors (Lipinski definition) is 13. The number of amides is 2. The van der Waals surface area contributed by atoms with Gasteiger partial charge in [-0.2, -0.15) is 15.3 Å². The number of nitrogens with one attached hydrogen (secondary N) is 2. The highest BCUT2D eigenvalue weighted by Crippen LogP contribution is 2.39. The lowest BCUT2D eigenvalue weighted by Crippen LogP contribution is -2.18. The first kappa shape index (κ1) is 44.8. The number of carbonyl (C=O) groups excluding carboxylic acids is 2. The highest BCUT2D eigenvalue weighted by molar-refractivity contribution is 6.33. The van der Waals surface area contributed by atoms with Crippen LogP contribution in [-0.4, -0.2) is 80.3 Å². The maximum atomic E-state index is 12.7. The van der Waals surface area contributed by atoms with Gasteiger partial charge in [0.15, 0.2) is 11.5 Å². The number of methoxy groups -OCH3 is 2. The molecule has 0 saturated carbocycles. The monoisotopic (exact) mass is 871 g/mol. The maximum Gasteiger partial charge on any atom is 0.257 e. The summed E-state index contributed by atoms with van der Waals surface area (Å²) in [7, 11) is 6.58. The molecule has 0 spiro atoms.